The third-order valence-electron chi connectivity index (χ3n) is 5.68. The van der Waals surface area contributed by atoms with Gasteiger partial charge in [0.2, 0.25) is 0 Å². The van der Waals surface area contributed by atoms with Gasteiger partial charge in [0.15, 0.2) is 0 Å². The highest BCUT2D eigenvalue weighted by Gasteiger charge is 2.47. The fourth-order valence-corrected chi connectivity index (χ4v) is 5.08. The summed E-state index contributed by atoms with van der Waals surface area (Å²) in [5.74, 6) is 0.0304. The highest BCUT2D eigenvalue weighted by Crippen LogP contribution is 2.51. The van der Waals surface area contributed by atoms with Crippen molar-refractivity contribution in [2.75, 3.05) is 25.0 Å². The van der Waals surface area contributed by atoms with Gasteiger partial charge in [-0.2, -0.15) is 11.3 Å². The smallest absolute Gasteiger partial charge is 0.410 e. The molecule has 2 amide bonds. The lowest BCUT2D eigenvalue weighted by Gasteiger charge is -2.39. The quantitative estimate of drug-likeness (QED) is 0.671. The molecule has 3 heterocycles. The monoisotopic (exact) mass is 423 g/mol. The van der Waals surface area contributed by atoms with Gasteiger partial charge in [0.25, 0.3) is 5.91 Å². The number of fused-ring (bicyclic) bond motifs is 3. The number of thiophene rings is 1. The number of benzene rings is 1. The number of anilines is 1. The van der Waals surface area contributed by atoms with Crippen molar-refractivity contribution in [1.29, 1.82) is 0 Å². The molecule has 6 nitrogen and oxygen atoms in total. The van der Waals surface area contributed by atoms with Gasteiger partial charge >= 0.3 is 6.09 Å². The van der Waals surface area contributed by atoms with Crippen molar-refractivity contribution in [3.05, 3.63) is 77.0 Å². The van der Waals surface area contributed by atoms with Crippen LogP contribution in [-0.2, 0) is 4.74 Å². The number of hydrogen-bond acceptors (Lipinski definition) is 5. The first-order valence-corrected chi connectivity index (χ1v) is 10.9. The molecule has 0 aliphatic carbocycles. The second-order valence-corrected chi connectivity index (χ2v) is 8.22. The molecule has 2 N–H and O–H groups in total. The van der Waals surface area contributed by atoms with Crippen LogP contribution in [-0.4, -0.2) is 36.6 Å². The molecular formula is C23H25N3O3S. The summed E-state index contributed by atoms with van der Waals surface area (Å²) in [4.78, 5) is 27.1. The zero-order valence-electron chi connectivity index (χ0n) is 16.7. The summed E-state index contributed by atoms with van der Waals surface area (Å²) >= 11 is 1.66. The number of ether oxygens (including phenoxy) is 1. The molecule has 1 aromatic heterocycles. The van der Waals surface area contributed by atoms with Gasteiger partial charge < -0.3 is 20.3 Å². The average Bonchev–Trinajstić information content (AvgIpc) is 3.45. The van der Waals surface area contributed by atoms with E-state index in [9.17, 15) is 9.59 Å². The molecule has 2 aromatic rings. The lowest BCUT2D eigenvalue weighted by molar-refractivity contribution is 0.0957. The lowest BCUT2D eigenvalue weighted by Crippen LogP contribution is -2.38. The molecule has 1 aromatic carbocycles. The maximum absolute atomic E-state index is 12.8. The summed E-state index contributed by atoms with van der Waals surface area (Å²) in [6.45, 7) is 8.45. The first kappa shape index (κ1) is 20.2. The van der Waals surface area contributed by atoms with Crippen LogP contribution < -0.4 is 10.6 Å². The van der Waals surface area contributed by atoms with Crippen LogP contribution >= 0.6 is 11.3 Å². The van der Waals surface area contributed by atoms with E-state index in [1.54, 1.807) is 28.4 Å². The van der Waals surface area contributed by atoms with E-state index in [0.29, 0.717) is 18.7 Å². The summed E-state index contributed by atoms with van der Waals surface area (Å²) < 4.78 is 5.36. The molecular weight excluding hydrogens is 398 g/mol. The molecule has 0 spiro atoms. The summed E-state index contributed by atoms with van der Waals surface area (Å²) in [6.07, 6.45) is 3.72. The lowest BCUT2D eigenvalue weighted by atomic mass is 9.80. The number of amides is 2. The molecule has 1 fully saturated rings. The Labute approximate surface area is 180 Å². The van der Waals surface area contributed by atoms with E-state index in [2.05, 4.69) is 40.6 Å². The second kappa shape index (κ2) is 8.75. The number of carbonyl (C=O) groups is 2. The Morgan fingerprint density at radius 1 is 1.30 bits per heavy atom. The van der Waals surface area contributed by atoms with Gasteiger partial charge in [-0.1, -0.05) is 18.7 Å². The maximum Gasteiger partial charge on any atom is 0.410 e. The zero-order chi connectivity index (χ0) is 21.1. The van der Waals surface area contributed by atoms with Gasteiger partial charge in [-0.05, 0) is 52.6 Å². The highest BCUT2D eigenvalue weighted by molar-refractivity contribution is 7.08. The summed E-state index contributed by atoms with van der Waals surface area (Å²) in [5.41, 5.74) is 3.67. The van der Waals surface area contributed by atoms with Crippen molar-refractivity contribution in [3.8, 4) is 0 Å². The van der Waals surface area contributed by atoms with E-state index < -0.39 is 0 Å². The van der Waals surface area contributed by atoms with Gasteiger partial charge in [0, 0.05) is 30.3 Å². The standard InChI is InChI=1S/C23H25N3O3S/c1-3-9-24-22(27)15-5-6-19-18(13-15)21-17(20(25-19)16-8-12-30-14-16)7-10-26(21)23(28)29-11-4-2/h3-6,8,12-14,17,20-21,25H,1-2,7,9-11H2,(H,24,27). The molecule has 7 heteroatoms. The Morgan fingerprint density at radius 3 is 2.90 bits per heavy atom. The molecule has 3 unspecified atom stereocenters. The Bertz CT molecular complexity index is 957. The molecule has 2 aliphatic rings. The van der Waals surface area contributed by atoms with Crippen LogP contribution in [0.4, 0.5) is 10.5 Å². The van der Waals surface area contributed by atoms with Gasteiger partial charge in [0.05, 0.1) is 12.1 Å². The Kier molecular flexibility index (Phi) is 5.90. The number of nitrogens with one attached hydrogen (secondary N) is 2. The van der Waals surface area contributed by atoms with E-state index in [4.69, 9.17) is 4.74 Å². The van der Waals surface area contributed by atoms with Crippen molar-refractivity contribution in [3.63, 3.8) is 0 Å². The van der Waals surface area contributed by atoms with Crippen LogP contribution in [0, 0.1) is 5.92 Å². The Balaban J connectivity index is 1.72. The van der Waals surface area contributed by atoms with Gasteiger partial charge in [-0.25, -0.2) is 4.79 Å². The molecule has 2 aliphatic heterocycles. The molecule has 0 bridgehead atoms. The van der Waals surface area contributed by atoms with Crippen LogP contribution in [0.2, 0.25) is 0 Å². The number of rotatable bonds is 6. The maximum atomic E-state index is 12.8. The van der Waals surface area contributed by atoms with Gasteiger partial charge in [-0.3, -0.25) is 4.79 Å². The average molecular weight is 424 g/mol. The summed E-state index contributed by atoms with van der Waals surface area (Å²) in [7, 11) is 0. The molecule has 4 rings (SSSR count). The van der Waals surface area contributed by atoms with E-state index in [1.807, 2.05) is 18.2 Å². The molecule has 3 atom stereocenters. The fourth-order valence-electron chi connectivity index (χ4n) is 4.39. The Morgan fingerprint density at radius 2 is 2.17 bits per heavy atom. The fraction of sp³-hybridized carbons (Fsp3) is 0.304. The first-order chi connectivity index (χ1) is 14.6. The third kappa shape index (κ3) is 3.73. The Hall–Kier alpha value is -3.06. The van der Waals surface area contributed by atoms with Crippen molar-refractivity contribution in [1.82, 2.24) is 10.2 Å². The van der Waals surface area contributed by atoms with Crippen LogP contribution in [0.3, 0.4) is 0 Å². The summed E-state index contributed by atoms with van der Waals surface area (Å²) in [5, 5.41) is 10.7. The largest absolute Gasteiger partial charge is 0.445 e. The normalized spacial score (nSPS) is 21.7. The zero-order valence-corrected chi connectivity index (χ0v) is 17.5. The first-order valence-electron chi connectivity index (χ1n) is 10.00. The predicted molar refractivity (Wildman–Crippen MR) is 119 cm³/mol. The van der Waals surface area contributed by atoms with Gasteiger partial charge in [-0.15, -0.1) is 6.58 Å². The third-order valence-corrected chi connectivity index (χ3v) is 6.39. The van der Waals surface area contributed by atoms with E-state index in [0.717, 1.165) is 17.7 Å². The van der Waals surface area contributed by atoms with Crippen molar-refractivity contribution in [2.24, 2.45) is 5.92 Å². The van der Waals surface area contributed by atoms with Crippen LogP contribution in [0.15, 0.2) is 60.3 Å². The van der Waals surface area contributed by atoms with Crippen molar-refractivity contribution in [2.45, 2.75) is 18.5 Å². The molecule has 30 heavy (non-hydrogen) atoms. The van der Waals surface area contributed by atoms with E-state index >= 15 is 0 Å². The van der Waals surface area contributed by atoms with Crippen LogP contribution in [0.1, 0.15) is 40.0 Å². The molecule has 156 valence electrons. The minimum atomic E-state index is -0.346. The van der Waals surface area contributed by atoms with Crippen LogP contribution in [0.5, 0.6) is 0 Å². The second-order valence-electron chi connectivity index (χ2n) is 7.44. The minimum absolute atomic E-state index is 0.103. The minimum Gasteiger partial charge on any atom is -0.445 e. The van der Waals surface area contributed by atoms with Crippen LogP contribution in [0.25, 0.3) is 0 Å². The van der Waals surface area contributed by atoms with E-state index in [-0.39, 0.29) is 36.6 Å². The van der Waals surface area contributed by atoms with Gasteiger partial charge in [0.1, 0.15) is 6.61 Å². The molecule has 0 radical (unpaired) electrons. The summed E-state index contributed by atoms with van der Waals surface area (Å²) in [6, 6.07) is 7.70. The van der Waals surface area contributed by atoms with Crippen molar-refractivity contribution < 1.29 is 14.3 Å². The number of nitrogens with zero attached hydrogens (tertiary/aromatic N) is 1. The molecule has 1 saturated heterocycles. The number of carbonyl (C=O) groups excluding carboxylic acids is 2. The number of likely N-dealkylation sites (tertiary alicyclic amines) is 1. The SMILES string of the molecule is C=CCNC(=O)c1ccc2c(c1)C1C(CCN1C(=O)OCC=C)C(c1ccsc1)N2. The van der Waals surface area contributed by atoms with E-state index in [1.165, 1.54) is 5.56 Å². The highest BCUT2D eigenvalue weighted by atomic mass is 32.1. The molecule has 0 saturated carbocycles. The van der Waals surface area contributed by atoms with Crippen molar-refractivity contribution >= 4 is 29.0 Å². The topological polar surface area (TPSA) is 70.7 Å². The predicted octanol–water partition coefficient (Wildman–Crippen LogP) is 4.52. The number of hydrogen-bond donors (Lipinski definition) is 2.